The van der Waals surface area contributed by atoms with Gasteiger partial charge in [-0.25, -0.2) is 27.5 Å². The highest BCUT2D eigenvalue weighted by Gasteiger charge is 2.47. The number of hydrogen-bond donors (Lipinski definition) is 3. The molecule has 0 radical (unpaired) electrons. The Morgan fingerprint density at radius 3 is 1.36 bits per heavy atom. The van der Waals surface area contributed by atoms with E-state index in [1.807, 2.05) is 39.0 Å². The maximum atomic E-state index is 13.1. The van der Waals surface area contributed by atoms with Crippen molar-refractivity contribution >= 4 is 0 Å². The zero-order valence-corrected chi connectivity index (χ0v) is 56.8. The Bertz CT molecular complexity index is 2310. The third-order valence-electron chi connectivity index (χ3n) is 16.3. The lowest BCUT2D eigenvalue weighted by molar-refractivity contribution is -0.0655. The number of aromatic nitrogens is 3. The fourth-order valence-electron chi connectivity index (χ4n) is 11.0. The minimum absolute atomic E-state index is 0.00926. The Labute approximate surface area is 507 Å². The second-order valence-electron chi connectivity index (χ2n) is 30.2. The molecule has 2 saturated carbocycles. The molecule has 2 aliphatic carbocycles. The summed E-state index contributed by atoms with van der Waals surface area (Å²) >= 11 is 0. The van der Waals surface area contributed by atoms with Crippen molar-refractivity contribution in [3.05, 3.63) is 112 Å². The Morgan fingerprint density at radius 2 is 1.04 bits per heavy atom. The number of benzene rings is 2. The van der Waals surface area contributed by atoms with E-state index in [0.717, 1.165) is 66.8 Å². The van der Waals surface area contributed by atoms with Gasteiger partial charge in [0.1, 0.15) is 35.3 Å². The van der Waals surface area contributed by atoms with Crippen LogP contribution in [0.5, 0.6) is 11.6 Å². The Morgan fingerprint density at radius 1 is 0.560 bits per heavy atom. The molecule has 3 heterocycles. The van der Waals surface area contributed by atoms with Crippen molar-refractivity contribution in [2.75, 3.05) is 41.2 Å². The minimum Gasteiger partial charge on any atom is -0.496 e. The normalized spacial score (nSPS) is 18.1. The van der Waals surface area contributed by atoms with Crippen molar-refractivity contribution in [3.63, 3.8) is 0 Å². The summed E-state index contributed by atoms with van der Waals surface area (Å²) in [6, 6.07) is 9.70. The first-order valence-corrected chi connectivity index (χ1v) is 30.1. The molecule has 0 bridgehead atoms. The summed E-state index contributed by atoms with van der Waals surface area (Å²) in [6.45, 7) is 48.4. The quantitative estimate of drug-likeness (QED) is 0.160. The van der Waals surface area contributed by atoms with E-state index in [2.05, 4.69) is 105 Å². The highest BCUT2D eigenvalue weighted by Crippen LogP contribution is 2.57. The zero-order chi connectivity index (χ0) is 65.0. The van der Waals surface area contributed by atoms with Crippen LogP contribution < -0.4 is 9.47 Å². The number of hydrogen-bond acceptors (Lipinski definition) is 10. The molecule has 3 atom stereocenters. The third-order valence-corrected chi connectivity index (χ3v) is 16.3. The smallest absolute Gasteiger partial charge is 0.220 e. The number of nitrogens with zero attached hydrogens (tertiary/aromatic N) is 3. The largest absolute Gasteiger partial charge is 0.496 e. The van der Waals surface area contributed by atoms with Crippen LogP contribution in [0, 0.1) is 62.7 Å². The molecule has 14 heteroatoms. The first kappa shape index (κ1) is 77.8. The topological polar surface area (TPSA) is 136 Å². The predicted molar refractivity (Wildman–Crippen MR) is 337 cm³/mol. The Hall–Kier alpha value is -4.21. The van der Waals surface area contributed by atoms with Crippen LogP contribution in [0.25, 0.3) is 0 Å². The van der Waals surface area contributed by atoms with Gasteiger partial charge in [0.25, 0.3) is 0 Å². The van der Waals surface area contributed by atoms with E-state index in [1.165, 1.54) is 56.6 Å². The number of ether oxygens (including phenoxy) is 4. The van der Waals surface area contributed by atoms with Crippen molar-refractivity contribution in [2.45, 2.75) is 238 Å². The van der Waals surface area contributed by atoms with Crippen LogP contribution in [0.1, 0.15) is 231 Å². The molecule has 1 aliphatic heterocycles. The van der Waals surface area contributed by atoms with Gasteiger partial charge in [-0.15, -0.1) is 0 Å². The lowest BCUT2D eigenvalue weighted by Gasteiger charge is -2.44. The van der Waals surface area contributed by atoms with E-state index in [9.17, 15) is 27.8 Å². The summed E-state index contributed by atoms with van der Waals surface area (Å²) in [6.07, 6.45) is 12.7. The lowest BCUT2D eigenvalue weighted by atomic mass is 9.65. The molecule has 3 fully saturated rings. The molecule has 480 valence electrons. The van der Waals surface area contributed by atoms with Gasteiger partial charge in [-0.3, -0.25) is 4.98 Å². The van der Waals surface area contributed by atoms with Crippen LogP contribution in [0.4, 0.5) is 17.6 Å². The predicted octanol–water partition coefficient (Wildman–Crippen LogP) is 17.4. The van der Waals surface area contributed by atoms with E-state index < -0.39 is 34.1 Å². The average molecular weight is 1190 g/mol. The number of aliphatic hydroxyl groups is 3. The monoisotopic (exact) mass is 1190 g/mol. The summed E-state index contributed by atoms with van der Waals surface area (Å²) < 4.78 is 73.6. The van der Waals surface area contributed by atoms with Crippen molar-refractivity contribution < 1.29 is 51.8 Å². The zero-order valence-electron chi connectivity index (χ0n) is 56.8. The van der Waals surface area contributed by atoms with E-state index in [1.54, 1.807) is 62.9 Å². The molecular formula is C70H115F4N3O7. The highest BCUT2D eigenvalue weighted by molar-refractivity contribution is 5.44. The molecule has 10 nitrogen and oxygen atoms in total. The van der Waals surface area contributed by atoms with Crippen LogP contribution in [-0.4, -0.2) is 77.5 Å². The number of methoxy groups -OCH3 is 3. The molecule has 3 unspecified atom stereocenters. The SMILES string of the molecule is CC(C)(C)C1(C)CC1.CC(C)(C)C1CCOCC1.CC(C)(C)c1c(F)cccc1F.CC(C)(C)c1c(F)cncc1F.COC1CCCC(CO)C1C(C)(C)C.COc1cccc(CO)c1C(C)(C)C.COc1ncnc(CO)c1C(C)(C)C. The first-order valence-electron chi connectivity index (χ1n) is 30.1. The molecule has 4 aromatic rings. The summed E-state index contributed by atoms with van der Waals surface area (Å²) in [5.74, 6) is 1.08. The molecule has 3 N–H and O–H groups in total. The number of aliphatic hydroxyl groups excluding tert-OH is 3. The third kappa shape index (κ3) is 24.9. The van der Waals surface area contributed by atoms with Crippen molar-refractivity contribution in [1.29, 1.82) is 0 Å². The van der Waals surface area contributed by atoms with Gasteiger partial charge in [-0.05, 0) is 123 Å². The van der Waals surface area contributed by atoms with E-state index >= 15 is 0 Å². The van der Waals surface area contributed by atoms with Crippen molar-refractivity contribution in [3.8, 4) is 11.6 Å². The molecular weight excluding hydrogens is 1070 g/mol. The molecule has 84 heavy (non-hydrogen) atoms. The van der Waals surface area contributed by atoms with Crippen LogP contribution in [-0.2, 0) is 44.3 Å². The molecule has 3 aliphatic rings. The highest BCUT2D eigenvalue weighted by atomic mass is 19.1. The molecule has 2 aromatic heterocycles. The van der Waals surface area contributed by atoms with Gasteiger partial charge in [0, 0.05) is 49.2 Å². The standard InChI is InChI=1S/C12H24O2.C12H18O2.C10H12F2.C10H16N2O2.C9H11F2N.C9H18O.C8H16/c2*1-12(2,3)11-9(8-13)6-5-7-10(11)14-4;1-10(2,3)9-7(11)5-4-6-8(9)12;1-10(2,3)8-7(5-13)11-6-12-9(8)14-4;1-9(2,3)8-6(10)4-12-5-7(8)11;1-9(2,3)8-4-6-10-7-5-8;1-7(2,3)8(4)5-6-8/h9-11,13H,5-8H2,1-4H3;5-7,13H,8H2,1-4H3;4-6H,1-3H3;6,13H,5H2,1-4H3;4-5H,1-3H3;8H,4-7H2,1-3H3;5-6H2,1-4H3. The summed E-state index contributed by atoms with van der Waals surface area (Å²) in [5, 5.41) is 27.8. The second kappa shape index (κ2) is 33.2. The van der Waals surface area contributed by atoms with Gasteiger partial charge in [-0.1, -0.05) is 177 Å². The van der Waals surface area contributed by atoms with Crippen LogP contribution >= 0.6 is 0 Å². The molecule has 2 aromatic carbocycles. The Balaban J connectivity index is 0.000000493. The molecule has 0 spiro atoms. The number of rotatable bonds is 6. The summed E-state index contributed by atoms with van der Waals surface area (Å²) in [4.78, 5) is 11.5. The lowest BCUT2D eigenvalue weighted by Crippen LogP contribution is -2.43. The van der Waals surface area contributed by atoms with Crippen molar-refractivity contribution in [2.24, 2.45) is 39.4 Å². The molecule has 7 rings (SSSR count). The first-order chi connectivity index (χ1) is 38.4. The van der Waals surface area contributed by atoms with Gasteiger partial charge in [0.15, 0.2) is 0 Å². The number of pyridine rings is 1. The second-order valence-corrected chi connectivity index (χ2v) is 30.2. The van der Waals surface area contributed by atoms with Crippen LogP contribution in [0.2, 0.25) is 0 Å². The van der Waals surface area contributed by atoms with Gasteiger partial charge in [0.2, 0.25) is 5.88 Å². The van der Waals surface area contributed by atoms with Crippen LogP contribution in [0.3, 0.4) is 0 Å². The van der Waals surface area contributed by atoms with Crippen molar-refractivity contribution in [1.82, 2.24) is 15.0 Å². The van der Waals surface area contributed by atoms with Gasteiger partial charge < -0.3 is 34.3 Å². The van der Waals surface area contributed by atoms with E-state index in [4.69, 9.17) is 24.1 Å². The van der Waals surface area contributed by atoms with Crippen LogP contribution in [0.15, 0.2) is 55.1 Å². The number of halogens is 4. The molecule has 1 saturated heterocycles. The van der Waals surface area contributed by atoms with Gasteiger partial charge >= 0.3 is 0 Å². The summed E-state index contributed by atoms with van der Waals surface area (Å²) in [5.41, 5.74) is 4.60. The average Bonchev–Trinajstić information content (AvgIpc) is 4.32. The van der Waals surface area contributed by atoms with E-state index in [-0.39, 0.29) is 40.6 Å². The fourth-order valence-corrected chi connectivity index (χ4v) is 11.0. The maximum absolute atomic E-state index is 13.1. The minimum atomic E-state index is -0.581. The van der Waals surface area contributed by atoms with Gasteiger partial charge in [0.05, 0.1) is 51.6 Å². The maximum Gasteiger partial charge on any atom is 0.220 e. The van der Waals surface area contributed by atoms with Gasteiger partial charge in [-0.2, -0.15) is 0 Å². The fraction of sp³-hybridized carbons (Fsp3) is 0.700. The Kier molecular flexibility index (Phi) is 30.8. The summed E-state index contributed by atoms with van der Waals surface area (Å²) in [7, 11) is 5.02. The molecule has 0 amide bonds. The van der Waals surface area contributed by atoms with E-state index in [0.29, 0.717) is 52.4 Å².